The van der Waals surface area contributed by atoms with Crippen LogP contribution in [0.5, 0.6) is 0 Å². The minimum Gasteiger partial charge on any atom is -0.372 e. The first-order valence-corrected chi connectivity index (χ1v) is 5.91. The Morgan fingerprint density at radius 2 is 1.82 bits per heavy atom. The lowest BCUT2D eigenvalue weighted by molar-refractivity contribution is -0.0909. The lowest BCUT2D eigenvalue weighted by Crippen LogP contribution is -2.44. The summed E-state index contributed by atoms with van der Waals surface area (Å²) >= 11 is 0. The van der Waals surface area contributed by atoms with E-state index in [0.29, 0.717) is 25.2 Å². The molecule has 17 heavy (non-hydrogen) atoms. The largest absolute Gasteiger partial charge is 0.418 e. The van der Waals surface area contributed by atoms with Crippen LogP contribution in [-0.2, 0) is 0 Å². The number of allylic oxidation sites excluding steroid dienone is 4. The van der Waals surface area contributed by atoms with Crippen LogP contribution in [0.1, 0.15) is 19.8 Å². The Morgan fingerprint density at radius 1 is 1.18 bits per heavy atom. The summed E-state index contributed by atoms with van der Waals surface area (Å²) in [6.45, 7) is 4.62. The fourth-order valence-electron chi connectivity index (χ4n) is 2.36. The molecule has 2 aliphatic rings. The van der Waals surface area contributed by atoms with Gasteiger partial charge in [-0.3, -0.25) is 0 Å². The number of hydrogen-bond acceptors (Lipinski definition) is 2. The fourth-order valence-corrected chi connectivity index (χ4v) is 2.36. The van der Waals surface area contributed by atoms with Crippen molar-refractivity contribution in [2.24, 2.45) is 0 Å². The predicted molar refractivity (Wildman–Crippen MR) is 60.5 cm³/mol. The van der Waals surface area contributed by atoms with Crippen LogP contribution < -0.4 is 5.32 Å². The molecule has 0 radical (unpaired) electrons. The minimum atomic E-state index is -4.23. The highest BCUT2D eigenvalue weighted by Gasteiger charge is 2.37. The van der Waals surface area contributed by atoms with Gasteiger partial charge in [0.2, 0.25) is 0 Å². The molecule has 2 rings (SSSR count). The number of alkyl halides is 3. The number of rotatable bonds is 1. The van der Waals surface area contributed by atoms with Crippen LogP contribution in [0.15, 0.2) is 22.9 Å². The first-order chi connectivity index (χ1) is 7.98. The van der Waals surface area contributed by atoms with Crippen molar-refractivity contribution in [2.45, 2.75) is 25.9 Å². The standard InChI is InChI=1S/C12H17F3N2/c1-9-2-3-11(10(8-9)12(13,14)15)17-6-4-16-5-7-17/h8,16H,2-7H2,1H3. The Kier molecular flexibility index (Phi) is 3.47. The van der Waals surface area contributed by atoms with Gasteiger partial charge in [0.15, 0.2) is 0 Å². The Morgan fingerprint density at radius 3 is 2.41 bits per heavy atom. The predicted octanol–water partition coefficient (Wildman–Crippen LogP) is 2.45. The summed E-state index contributed by atoms with van der Waals surface area (Å²) in [4.78, 5) is 1.88. The molecule has 2 nitrogen and oxygen atoms in total. The Balaban J connectivity index is 2.31. The van der Waals surface area contributed by atoms with E-state index in [0.717, 1.165) is 25.1 Å². The van der Waals surface area contributed by atoms with E-state index in [2.05, 4.69) is 5.32 Å². The van der Waals surface area contributed by atoms with Crippen molar-refractivity contribution >= 4 is 0 Å². The number of piperazine rings is 1. The molecule has 1 aliphatic heterocycles. The fraction of sp³-hybridized carbons (Fsp3) is 0.667. The van der Waals surface area contributed by atoms with Gasteiger partial charge >= 0.3 is 6.18 Å². The van der Waals surface area contributed by atoms with Crippen molar-refractivity contribution in [1.82, 2.24) is 10.2 Å². The van der Waals surface area contributed by atoms with Crippen molar-refractivity contribution in [1.29, 1.82) is 0 Å². The summed E-state index contributed by atoms with van der Waals surface area (Å²) in [5.74, 6) is 0. The van der Waals surface area contributed by atoms with Gasteiger partial charge in [-0.05, 0) is 25.8 Å². The quantitative estimate of drug-likeness (QED) is 0.764. The van der Waals surface area contributed by atoms with E-state index >= 15 is 0 Å². The first-order valence-electron chi connectivity index (χ1n) is 5.91. The van der Waals surface area contributed by atoms with Gasteiger partial charge in [-0.1, -0.05) is 5.57 Å². The second kappa shape index (κ2) is 4.72. The summed E-state index contributed by atoms with van der Waals surface area (Å²) < 4.78 is 38.9. The summed E-state index contributed by atoms with van der Waals surface area (Å²) in [6, 6.07) is 0. The van der Waals surface area contributed by atoms with Crippen molar-refractivity contribution in [2.75, 3.05) is 26.2 Å². The van der Waals surface area contributed by atoms with Crippen LogP contribution in [0.3, 0.4) is 0 Å². The number of halogens is 3. The molecule has 0 aromatic carbocycles. The van der Waals surface area contributed by atoms with E-state index in [1.54, 1.807) is 6.92 Å². The van der Waals surface area contributed by atoms with Crippen LogP contribution in [-0.4, -0.2) is 37.3 Å². The Labute approximate surface area is 99.2 Å². The van der Waals surface area contributed by atoms with Crippen molar-refractivity contribution in [3.63, 3.8) is 0 Å². The molecule has 0 aromatic heterocycles. The molecule has 96 valence electrons. The van der Waals surface area contributed by atoms with Gasteiger partial charge in [0, 0.05) is 31.9 Å². The van der Waals surface area contributed by atoms with Gasteiger partial charge in [-0.25, -0.2) is 0 Å². The zero-order valence-corrected chi connectivity index (χ0v) is 9.90. The molecule has 0 saturated carbocycles. The van der Waals surface area contributed by atoms with Crippen LogP contribution in [0.25, 0.3) is 0 Å². The van der Waals surface area contributed by atoms with Gasteiger partial charge < -0.3 is 10.2 Å². The third kappa shape index (κ3) is 2.83. The number of nitrogens with zero attached hydrogens (tertiary/aromatic N) is 1. The molecule has 0 bridgehead atoms. The summed E-state index contributed by atoms with van der Waals surface area (Å²) in [6.07, 6.45) is -1.68. The first kappa shape index (κ1) is 12.5. The molecule has 0 unspecified atom stereocenters. The highest BCUT2D eigenvalue weighted by Crippen LogP contribution is 2.37. The smallest absolute Gasteiger partial charge is 0.372 e. The van der Waals surface area contributed by atoms with E-state index in [1.165, 1.54) is 6.08 Å². The highest BCUT2D eigenvalue weighted by atomic mass is 19.4. The average Bonchev–Trinajstić information content (AvgIpc) is 2.29. The maximum absolute atomic E-state index is 13.0. The highest BCUT2D eigenvalue weighted by molar-refractivity contribution is 5.36. The molecule has 1 fully saturated rings. The van der Waals surface area contributed by atoms with Crippen LogP contribution in [0.2, 0.25) is 0 Å². The molecular weight excluding hydrogens is 229 g/mol. The lowest BCUT2D eigenvalue weighted by atomic mass is 9.96. The Bertz CT molecular complexity index is 349. The summed E-state index contributed by atoms with van der Waals surface area (Å²) in [5.41, 5.74) is 0.851. The van der Waals surface area contributed by atoms with E-state index in [9.17, 15) is 13.2 Å². The molecule has 0 atom stereocenters. The van der Waals surface area contributed by atoms with Gasteiger partial charge in [0.1, 0.15) is 0 Å². The summed E-state index contributed by atoms with van der Waals surface area (Å²) in [7, 11) is 0. The molecule has 5 heteroatoms. The van der Waals surface area contributed by atoms with Gasteiger partial charge in [-0.15, -0.1) is 0 Å². The maximum Gasteiger partial charge on any atom is 0.418 e. The number of nitrogens with one attached hydrogen (secondary N) is 1. The third-order valence-electron chi connectivity index (χ3n) is 3.26. The van der Waals surface area contributed by atoms with Crippen LogP contribution in [0.4, 0.5) is 13.2 Å². The SMILES string of the molecule is CC1=CC(C(F)(F)F)=C(N2CCNCC2)CC1. The van der Waals surface area contributed by atoms with Gasteiger partial charge in [0.05, 0.1) is 5.57 Å². The van der Waals surface area contributed by atoms with Gasteiger partial charge in [0.25, 0.3) is 0 Å². The second-order valence-electron chi connectivity index (χ2n) is 4.59. The van der Waals surface area contributed by atoms with Gasteiger partial charge in [-0.2, -0.15) is 13.2 Å². The van der Waals surface area contributed by atoms with E-state index in [-0.39, 0.29) is 0 Å². The Hall–Kier alpha value is -0.970. The molecular formula is C12H17F3N2. The van der Waals surface area contributed by atoms with E-state index < -0.39 is 11.7 Å². The van der Waals surface area contributed by atoms with Crippen molar-refractivity contribution in [3.05, 3.63) is 22.9 Å². The molecule has 0 amide bonds. The molecule has 0 aromatic rings. The normalized spacial score (nSPS) is 22.8. The third-order valence-corrected chi connectivity index (χ3v) is 3.26. The lowest BCUT2D eigenvalue weighted by Gasteiger charge is -2.35. The summed E-state index contributed by atoms with van der Waals surface area (Å²) in [5, 5.41) is 3.16. The van der Waals surface area contributed by atoms with Crippen molar-refractivity contribution in [3.8, 4) is 0 Å². The van der Waals surface area contributed by atoms with E-state index in [4.69, 9.17) is 0 Å². The minimum absolute atomic E-state index is 0.442. The molecule has 0 spiro atoms. The zero-order chi connectivity index (χ0) is 12.5. The molecule has 1 N–H and O–H groups in total. The second-order valence-corrected chi connectivity index (χ2v) is 4.59. The maximum atomic E-state index is 13.0. The van der Waals surface area contributed by atoms with Crippen molar-refractivity contribution < 1.29 is 13.2 Å². The molecule has 1 heterocycles. The molecule has 1 saturated heterocycles. The monoisotopic (exact) mass is 246 g/mol. The molecule has 1 aliphatic carbocycles. The van der Waals surface area contributed by atoms with E-state index in [1.807, 2.05) is 4.90 Å². The number of hydrogen-bond donors (Lipinski definition) is 1. The average molecular weight is 246 g/mol. The topological polar surface area (TPSA) is 15.3 Å². The van der Waals surface area contributed by atoms with Crippen LogP contribution >= 0.6 is 0 Å². The zero-order valence-electron chi connectivity index (χ0n) is 9.90. The van der Waals surface area contributed by atoms with Crippen LogP contribution in [0, 0.1) is 0 Å².